The molecule has 1 aromatic carbocycles. The van der Waals surface area contributed by atoms with Crippen molar-refractivity contribution in [1.29, 1.82) is 0 Å². The van der Waals surface area contributed by atoms with E-state index in [0.29, 0.717) is 11.6 Å². The molecule has 1 fully saturated rings. The van der Waals surface area contributed by atoms with Crippen molar-refractivity contribution < 1.29 is 19.1 Å². The molecule has 3 aromatic rings. The molecule has 0 aliphatic carbocycles. The van der Waals surface area contributed by atoms with Gasteiger partial charge in [-0.05, 0) is 34.7 Å². The Labute approximate surface area is 170 Å². The smallest absolute Gasteiger partial charge is 0.281 e. The maximum absolute atomic E-state index is 12.7. The number of hydrogen-bond acceptors (Lipinski definition) is 3. The van der Waals surface area contributed by atoms with Gasteiger partial charge in [0.05, 0.1) is 37.3 Å². The lowest BCUT2D eigenvalue weighted by molar-refractivity contribution is -0.908. The van der Waals surface area contributed by atoms with Gasteiger partial charge in [0.2, 0.25) is 12.1 Å². The summed E-state index contributed by atoms with van der Waals surface area (Å²) in [7, 11) is 1.86. The number of aromatic amines is 1. The largest absolute Gasteiger partial charge is 0.370 e. The van der Waals surface area contributed by atoms with Crippen LogP contribution in [-0.2, 0) is 18.3 Å². The number of morpholine rings is 1. The number of hydrogen-bond donors (Lipinski definition) is 3. The highest BCUT2D eigenvalue weighted by Gasteiger charge is 2.21. The summed E-state index contributed by atoms with van der Waals surface area (Å²) in [6.07, 6.45) is 1.88. The minimum Gasteiger partial charge on any atom is -0.370 e. The first kappa shape index (κ1) is 18.4. The van der Waals surface area contributed by atoms with Crippen molar-refractivity contribution in [2.45, 2.75) is 6.54 Å². The highest BCUT2D eigenvalue weighted by Crippen LogP contribution is 2.20. The molecule has 0 atom stereocenters. The zero-order valence-corrected chi connectivity index (χ0v) is 17.3. The fraction of sp³-hybridized carbons (Fsp3) is 0.389. The number of carbonyl (C=O) groups excluding carboxylic acids is 1. The molecule has 142 valence electrons. The van der Waals surface area contributed by atoms with E-state index < -0.39 is 0 Å². The minimum absolute atomic E-state index is 0.185. The van der Waals surface area contributed by atoms with E-state index in [0.717, 1.165) is 54.0 Å². The number of halogens is 1. The van der Waals surface area contributed by atoms with Gasteiger partial charge in [-0.15, -0.1) is 4.68 Å². The Bertz CT molecular complexity index is 960. The van der Waals surface area contributed by atoms with Gasteiger partial charge in [0.1, 0.15) is 16.7 Å². The summed E-state index contributed by atoms with van der Waals surface area (Å²) in [6.45, 7) is 5.43. The number of H-pyrrole nitrogens is 1. The summed E-state index contributed by atoms with van der Waals surface area (Å²) in [5, 5.41) is 6.03. The fourth-order valence-corrected chi connectivity index (χ4v) is 4.18. The minimum atomic E-state index is -0.185. The number of rotatable bonds is 5. The number of carbonyl (C=O) groups is 1. The molecule has 2 aromatic heterocycles. The second-order valence-electron chi connectivity index (χ2n) is 6.72. The zero-order chi connectivity index (χ0) is 18.8. The third-order valence-electron chi connectivity index (χ3n) is 4.83. The number of benzene rings is 1. The molecule has 9 heteroatoms. The summed E-state index contributed by atoms with van der Waals surface area (Å²) in [5.74, 6) is 0.400. The SMILES string of the molecule is C[n+]1cc(I)c(C(=O)Nc2nc3ccccc3n2CC[NH+]2CCOCC2)[nH]1. The van der Waals surface area contributed by atoms with E-state index in [1.54, 1.807) is 4.68 Å². The normalized spacial score (nSPS) is 15.3. The molecule has 1 saturated heterocycles. The second-order valence-corrected chi connectivity index (χ2v) is 7.88. The second kappa shape index (κ2) is 7.95. The Balaban J connectivity index is 1.59. The van der Waals surface area contributed by atoms with Crippen molar-refractivity contribution in [3.63, 3.8) is 0 Å². The van der Waals surface area contributed by atoms with E-state index >= 15 is 0 Å². The first-order chi connectivity index (χ1) is 13.1. The summed E-state index contributed by atoms with van der Waals surface area (Å²) in [5.41, 5.74) is 2.46. The predicted octanol–water partition coefficient (Wildman–Crippen LogP) is -0.0391. The van der Waals surface area contributed by atoms with Crippen LogP contribution in [0.25, 0.3) is 11.0 Å². The highest BCUT2D eigenvalue weighted by atomic mass is 127. The van der Waals surface area contributed by atoms with Gasteiger partial charge in [-0.25, -0.2) is 4.98 Å². The van der Waals surface area contributed by atoms with Crippen molar-refractivity contribution in [3.05, 3.63) is 39.7 Å². The molecular weight excluding hydrogens is 459 g/mol. The third kappa shape index (κ3) is 3.99. The van der Waals surface area contributed by atoms with E-state index in [9.17, 15) is 4.79 Å². The lowest BCUT2D eigenvalue weighted by atomic mass is 10.3. The molecule has 1 aliphatic heterocycles. The fourth-order valence-electron chi connectivity index (χ4n) is 3.40. The van der Waals surface area contributed by atoms with Gasteiger partial charge in [-0.2, -0.15) is 5.10 Å². The van der Waals surface area contributed by atoms with E-state index in [2.05, 4.69) is 42.6 Å². The third-order valence-corrected chi connectivity index (χ3v) is 5.65. The van der Waals surface area contributed by atoms with E-state index in [1.807, 2.05) is 37.5 Å². The maximum Gasteiger partial charge on any atom is 0.281 e. The summed E-state index contributed by atoms with van der Waals surface area (Å²) in [4.78, 5) is 18.9. The predicted molar refractivity (Wildman–Crippen MR) is 109 cm³/mol. The molecule has 0 radical (unpaired) electrons. The monoisotopic (exact) mass is 482 g/mol. The molecule has 27 heavy (non-hydrogen) atoms. The standard InChI is InChI=1S/C18H21IN6O2/c1-23-12-13(19)16(22-23)17(26)21-18-20-14-4-2-3-5-15(14)25(18)7-6-24-8-10-27-11-9-24/h2-5,12H,6-11H2,1H3,(H,20,21,26)/p+2. The quantitative estimate of drug-likeness (QED) is 0.353. The molecule has 0 bridgehead atoms. The zero-order valence-electron chi connectivity index (χ0n) is 15.2. The van der Waals surface area contributed by atoms with Crippen LogP contribution in [0.1, 0.15) is 10.5 Å². The molecule has 3 heterocycles. The lowest BCUT2D eigenvalue weighted by Crippen LogP contribution is -3.14. The number of aryl methyl sites for hydroxylation is 1. The van der Waals surface area contributed by atoms with Crippen LogP contribution in [-0.4, -0.2) is 53.4 Å². The van der Waals surface area contributed by atoms with Gasteiger partial charge in [0.25, 0.3) is 5.91 Å². The van der Waals surface area contributed by atoms with E-state index in [1.165, 1.54) is 4.90 Å². The molecular formula is C18H23IN6O2+2. The maximum atomic E-state index is 12.7. The topological polar surface area (TPSA) is 80.3 Å². The molecule has 0 unspecified atom stereocenters. The lowest BCUT2D eigenvalue weighted by Gasteiger charge is -2.24. The number of para-hydroxylation sites is 2. The van der Waals surface area contributed by atoms with Crippen LogP contribution in [0.5, 0.6) is 0 Å². The van der Waals surface area contributed by atoms with Gasteiger partial charge in [-0.3, -0.25) is 10.1 Å². The van der Waals surface area contributed by atoms with Crippen molar-refractivity contribution in [2.24, 2.45) is 7.05 Å². The number of aromatic nitrogens is 4. The molecule has 3 N–H and O–H groups in total. The van der Waals surface area contributed by atoms with Crippen LogP contribution in [0.4, 0.5) is 5.95 Å². The molecule has 1 aliphatic rings. The number of amides is 1. The Kier molecular flexibility index (Phi) is 5.41. The Morgan fingerprint density at radius 1 is 1.41 bits per heavy atom. The number of nitrogens with zero attached hydrogens (tertiary/aromatic N) is 3. The molecule has 0 saturated carbocycles. The van der Waals surface area contributed by atoms with Gasteiger partial charge in [-0.1, -0.05) is 12.1 Å². The van der Waals surface area contributed by atoms with Crippen LogP contribution >= 0.6 is 22.6 Å². The summed E-state index contributed by atoms with van der Waals surface area (Å²) < 4.78 is 10.2. The van der Waals surface area contributed by atoms with Crippen LogP contribution in [0.15, 0.2) is 30.5 Å². The number of fused-ring (bicyclic) bond motifs is 1. The van der Waals surface area contributed by atoms with E-state index in [-0.39, 0.29) is 5.91 Å². The van der Waals surface area contributed by atoms with Crippen LogP contribution in [0.2, 0.25) is 0 Å². The Morgan fingerprint density at radius 3 is 2.93 bits per heavy atom. The van der Waals surface area contributed by atoms with Gasteiger partial charge < -0.3 is 14.2 Å². The van der Waals surface area contributed by atoms with Crippen LogP contribution < -0.4 is 14.9 Å². The molecule has 4 rings (SSSR count). The number of nitrogens with one attached hydrogen (secondary N) is 3. The average Bonchev–Trinajstić information content (AvgIpc) is 3.19. The Hall–Kier alpha value is -1.98. The molecule has 0 spiro atoms. The van der Waals surface area contributed by atoms with Crippen molar-refractivity contribution >= 4 is 45.5 Å². The number of imidazole rings is 1. The molecule has 8 nitrogen and oxygen atoms in total. The van der Waals surface area contributed by atoms with Crippen molar-refractivity contribution in [3.8, 4) is 0 Å². The van der Waals surface area contributed by atoms with Crippen LogP contribution in [0.3, 0.4) is 0 Å². The summed E-state index contributed by atoms with van der Waals surface area (Å²) >= 11 is 2.15. The average molecular weight is 482 g/mol. The van der Waals surface area contributed by atoms with Gasteiger partial charge in [0, 0.05) is 0 Å². The first-order valence-corrected chi connectivity index (χ1v) is 10.1. The number of anilines is 1. The number of quaternary nitrogens is 1. The van der Waals surface area contributed by atoms with Gasteiger partial charge >= 0.3 is 0 Å². The van der Waals surface area contributed by atoms with E-state index in [4.69, 9.17) is 4.74 Å². The van der Waals surface area contributed by atoms with Crippen molar-refractivity contribution in [1.82, 2.24) is 14.6 Å². The Morgan fingerprint density at radius 2 is 2.19 bits per heavy atom. The highest BCUT2D eigenvalue weighted by molar-refractivity contribution is 14.1. The summed E-state index contributed by atoms with van der Waals surface area (Å²) in [6, 6.07) is 7.99. The van der Waals surface area contributed by atoms with Gasteiger partial charge in [0.15, 0.2) is 12.7 Å². The first-order valence-electron chi connectivity index (χ1n) is 9.04. The number of ether oxygens (including phenoxy) is 1. The van der Waals surface area contributed by atoms with Crippen molar-refractivity contribution in [2.75, 3.05) is 38.2 Å². The van der Waals surface area contributed by atoms with Crippen LogP contribution in [0, 0.1) is 3.57 Å². The molecule has 1 amide bonds.